The smallest absolute Gasteiger partial charge is 0.326 e. The van der Waals surface area contributed by atoms with Crippen LogP contribution in [0.2, 0.25) is 0 Å². The van der Waals surface area contributed by atoms with E-state index in [1.54, 1.807) is 12.1 Å². The van der Waals surface area contributed by atoms with Crippen molar-refractivity contribution in [1.29, 1.82) is 0 Å². The second kappa shape index (κ2) is 7.29. The van der Waals surface area contributed by atoms with E-state index >= 15 is 0 Å². The van der Waals surface area contributed by atoms with E-state index < -0.39 is 11.5 Å². The van der Waals surface area contributed by atoms with Crippen LogP contribution < -0.4 is 5.56 Å². The number of hydrogen-bond donors (Lipinski definition) is 0. The molecule has 0 fully saturated rings. The fourth-order valence-electron chi connectivity index (χ4n) is 2.80. The molecule has 0 atom stereocenters. The van der Waals surface area contributed by atoms with Crippen molar-refractivity contribution in [3.05, 3.63) is 82.9 Å². The van der Waals surface area contributed by atoms with E-state index in [0.717, 1.165) is 10.9 Å². The molecule has 2 heterocycles. The number of ether oxygens (including phenoxy) is 1. The average Bonchev–Trinajstić information content (AvgIpc) is 3.08. The highest BCUT2D eigenvalue weighted by Crippen LogP contribution is 2.23. The predicted octanol–water partition coefficient (Wildman–Crippen LogP) is 3.40. The van der Waals surface area contributed by atoms with E-state index in [1.165, 1.54) is 10.9 Å². The van der Waals surface area contributed by atoms with Gasteiger partial charge in [0.2, 0.25) is 5.58 Å². The van der Waals surface area contributed by atoms with Crippen LogP contribution in [0.25, 0.3) is 28.1 Å². The van der Waals surface area contributed by atoms with Crippen LogP contribution >= 0.6 is 0 Å². The van der Waals surface area contributed by atoms with Crippen molar-refractivity contribution < 1.29 is 13.9 Å². The Labute approximate surface area is 154 Å². The summed E-state index contributed by atoms with van der Waals surface area (Å²) in [5, 5.41) is 0.769. The van der Waals surface area contributed by atoms with Crippen LogP contribution in [0, 0.1) is 0 Å². The minimum absolute atomic E-state index is 0.128. The summed E-state index contributed by atoms with van der Waals surface area (Å²) in [6.07, 6.45) is 4.95. The monoisotopic (exact) mass is 360 g/mol. The number of fused-ring (bicyclic) bond motifs is 3. The SMILES string of the molecule is O=C(Cn1cnc2c(oc3ccccc32)c1=O)OC/C=C/c1ccccc1. The maximum atomic E-state index is 12.6. The molecule has 2 aromatic heterocycles. The highest BCUT2D eigenvalue weighted by atomic mass is 16.5. The zero-order valence-electron chi connectivity index (χ0n) is 14.4. The maximum Gasteiger partial charge on any atom is 0.326 e. The van der Waals surface area contributed by atoms with E-state index in [1.807, 2.05) is 54.6 Å². The van der Waals surface area contributed by atoms with Gasteiger partial charge in [0.15, 0.2) is 0 Å². The molecule has 0 spiro atoms. The number of para-hydroxylation sites is 1. The fraction of sp³-hybridized carbons (Fsp3) is 0.0952. The highest BCUT2D eigenvalue weighted by Gasteiger charge is 2.14. The first-order valence-electron chi connectivity index (χ1n) is 8.46. The zero-order chi connectivity index (χ0) is 18.6. The van der Waals surface area contributed by atoms with Crippen LogP contribution in [-0.2, 0) is 16.1 Å². The molecular weight excluding hydrogens is 344 g/mol. The summed E-state index contributed by atoms with van der Waals surface area (Å²) in [5.41, 5.74) is 1.82. The summed E-state index contributed by atoms with van der Waals surface area (Å²) in [7, 11) is 0. The molecule has 0 N–H and O–H groups in total. The van der Waals surface area contributed by atoms with Gasteiger partial charge in [-0.05, 0) is 23.8 Å². The van der Waals surface area contributed by atoms with Gasteiger partial charge in [0, 0.05) is 5.39 Å². The first kappa shape index (κ1) is 16.8. The number of carbonyl (C=O) groups is 1. The summed E-state index contributed by atoms with van der Waals surface area (Å²) in [4.78, 5) is 28.8. The van der Waals surface area contributed by atoms with E-state index in [9.17, 15) is 9.59 Å². The fourth-order valence-corrected chi connectivity index (χ4v) is 2.80. The molecule has 0 amide bonds. The van der Waals surface area contributed by atoms with Gasteiger partial charge in [-0.3, -0.25) is 14.2 Å². The summed E-state index contributed by atoms with van der Waals surface area (Å²) >= 11 is 0. The molecule has 0 radical (unpaired) electrons. The number of aromatic nitrogens is 2. The molecule has 0 aliphatic rings. The number of carbonyl (C=O) groups excluding carboxylic acids is 1. The molecule has 0 saturated heterocycles. The minimum Gasteiger partial charge on any atom is -0.460 e. The molecule has 134 valence electrons. The Balaban J connectivity index is 1.46. The number of furan rings is 1. The molecule has 6 nitrogen and oxygen atoms in total. The number of rotatable bonds is 5. The third-order valence-electron chi connectivity index (χ3n) is 4.10. The van der Waals surface area contributed by atoms with Crippen molar-refractivity contribution in [3.63, 3.8) is 0 Å². The second-order valence-corrected chi connectivity index (χ2v) is 5.95. The number of benzene rings is 2. The normalized spacial score (nSPS) is 11.4. The van der Waals surface area contributed by atoms with Crippen LogP contribution in [0.1, 0.15) is 5.56 Å². The van der Waals surface area contributed by atoms with Crippen molar-refractivity contribution in [2.24, 2.45) is 0 Å². The third-order valence-corrected chi connectivity index (χ3v) is 4.10. The van der Waals surface area contributed by atoms with E-state index in [-0.39, 0.29) is 18.7 Å². The Morgan fingerprint density at radius 2 is 1.89 bits per heavy atom. The first-order chi connectivity index (χ1) is 13.2. The van der Waals surface area contributed by atoms with Crippen molar-refractivity contribution in [3.8, 4) is 0 Å². The van der Waals surface area contributed by atoms with Crippen molar-refractivity contribution >= 4 is 34.1 Å². The van der Waals surface area contributed by atoms with E-state index in [4.69, 9.17) is 9.15 Å². The molecule has 0 aliphatic carbocycles. The van der Waals surface area contributed by atoms with Crippen molar-refractivity contribution in [1.82, 2.24) is 9.55 Å². The highest BCUT2D eigenvalue weighted by molar-refractivity contribution is 6.01. The Morgan fingerprint density at radius 3 is 2.74 bits per heavy atom. The standard InChI is InChI=1S/C21H16N2O4/c24-18(26-12-6-9-15-7-2-1-3-8-15)13-23-14-22-19-16-10-4-5-11-17(16)27-20(19)21(23)25/h1-11,14H,12-13H2/b9-6+. The quantitative estimate of drug-likeness (QED) is 0.510. The molecule has 0 unspecified atom stereocenters. The maximum absolute atomic E-state index is 12.6. The Morgan fingerprint density at radius 1 is 1.11 bits per heavy atom. The van der Waals surface area contributed by atoms with Crippen LogP contribution in [0.4, 0.5) is 0 Å². The lowest BCUT2D eigenvalue weighted by Crippen LogP contribution is -2.25. The Hall–Kier alpha value is -3.67. The number of esters is 1. The topological polar surface area (TPSA) is 74.3 Å². The van der Waals surface area contributed by atoms with Gasteiger partial charge in [-0.15, -0.1) is 0 Å². The van der Waals surface area contributed by atoms with Gasteiger partial charge in [-0.1, -0.05) is 48.5 Å². The Kier molecular flexibility index (Phi) is 4.53. The van der Waals surface area contributed by atoms with Gasteiger partial charge in [0.25, 0.3) is 5.56 Å². The predicted molar refractivity (Wildman–Crippen MR) is 102 cm³/mol. The summed E-state index contributed by atoms with van der Waals surface area (Å²) < 4.78 is 11.9. The average molecular weight is 360 g/mol. The van der Waals surface area contributed by atoms with E-state index in [2.05, 4.69) is 4.98 Å². The molecule has 0 bridgehead atoms. The molecule has 2 aromatic carbocycles. The molecule has 6 heteroatoms. The third kappa shape index (κ3) is 3.50. The lowest BCUT2D eigenvalue weighted by atomic mass is 10.2. The second-order valence-electron chi connectivity index (χ2n) is 5.95. The van der Waals surface area contributed by atoms with Crippen molar-refractivity contribution in [2.75, 3.05) is 6.61 Å². The Bertz CT molecular complexity index is 1190. The van der Waals surface area contributed by atoms with Gasteiger partial charge in [-0.25, -0.2) is 4.98 Å². The van der Waals surface area contributed by atoms with Gasteiger partial charge in [-0.2, -0.15) is 0 Å². The largest absolute Gasteiger partial charge is 0.460 e. The van der Waals surface area contributed by atoms with Crippen LogP contribution in [0.15, 0.2) is 76.2 Å². The first-order valence-corrected chi connectivity index (χ1v) is 8.46. The molecule has 0 aliphatic heterocycles. The van der Waals surface area contributed by atoms with Crippen LogP contribution in [-0.4, -0.2) is 22.1 Å². The molecule has 4 aromatic rings. The summed E-state index contributed by atoms with van der Waals surface area (Å²) in [5.74, 6) is -0.521. The lowest BCUT2D eigenvalue weighted by Gasteiger charge is -2.04. The van der Waals surface area contributed by atoms with Gasteiger partial charge < -0.3 is 9.15 Å². The van der Waals surface area contributed by atoms with E-state index in [0.29, 0.717) is 11.1 Å². The molecular formula is C21H16N2O4. The zero-order valence-corrected chi connectivity index (χ0v) is 14.4. The lowest BCUT2D eigenvalue weighted by molar-refractivity contribution is -0.143. The molecule has 4 rings (SSSR count). The molecule has 0 saturated carbocycles. The number of nitrogens with zero attached hydrogens (tertiary/aromatic N) is 2. The van der Waals surface area contributed by atoms with Crippen LogP contribution in [0.3, 0.4) is 0 Å². The summed E-state index contributed by atoms with van der Waals surface area (Å²) in [6.45, 7) is -0.0964. The van der Waals surface area contributed by atoms with Gasteiger partial charge in [0.05, 0.1) is 6.33 Å². The number of hydrogen-bond acceptors (Lipinski definition) is 5. The van der Waals surface area contributed by atoms with Gasteiger partial charge >= 0.3 is 5.97 Å². The minimum atomic E-state index is -0.521. The molecule has 27 heavy (non-hydrogen) atoms. The van der Waals surface area contributed by atoms with Crippen molar-refractivity contribution in [2.45, 2.75) is 6.54 Å². The summed E-state index contributed by atoms with van der Waals surface area (Å²) in [6, 6.07) is 17.0. The van der Waals surface area contributed by atoms with Crippen LogP contribution in [0.5, 0.6) is 0 Å². The van der Waals surface area contributed by atoms with Gasteiger partial charge in [0.1, 0.15) is 24.3 Å².